The maximum absolute atomic E-state index is 13.3. The molecule has 2 N–H and O–H groups in total. The Labute approximate surface area is 153 Å². The lowest BCUT2D eigenvalue weighted by Gasteiger charge is -2.25. The molecule has 1 aromatic carbocycles. The molecule has 0 aliphatic heterocycles. The first-order chi connectivity index (χ1) is 11.9. The minimum atomic E-state index is -0.331. The molecule has 0 fully saturated rings. The molecule has 25 heavy (non-hydrogen) atoms. The zero-order chi connectivity index (χ0) is 18.3. The van der Waals surface area contributed by atoms with Gasteiger partial charge in [0.25, 0.3) is 0 Å². The number of nitrogens with one attached hydrogen (secondary N) is 2. The molecule has 2 rings (SSSR count). The fourth-order valence-corrected chi connectivity index (χ4v) is 2.89. The van der Waals surface area contributed by atoms with Gasteiger partial charge in [0.2, 0.25) is 0 Å². The third-order valence-corrected chi connectivity index (χ3v) is 4.17. The molecule has 7 heteroatoms. The largest absolute Gasteiger partial charge is 0.357 e. The van der Waals surface area contributed by atoms with Crippen LogP contribution < -0.4 is 10.6 Å². The summed E-state index contributed by atoms with van der Waals surface area (Å²) < 4.78 is 15.3. The summed E-state index contributed by atoms with van der Waals surface area (Å²) in [5.41, 5.74) is 0.575. The maximum Gasteiger partial charge on any atom is 0.191 e. The summed E-state index contributed by atoms with van der Waals surface area (Å²) in [5, 5.41) is 6.96. The molecular formula is C18H25ClFN5. The van der Waals surface area contributed by atoms with Crippen molar-refractivity contribution in [3.63, 3.8) is 0 Å². The lowest BCUT2D eigenvalue weighted by molar-refractivity contribution is 0.534. The van der Waals surface area contributed by atoms with Gasteiger partial charge in [-0.3, -0.25) is 4.99 Å². The third-order valence-electron chi connectivity index (χ3n) is 3.86. The van der Waals surface area contributed by atoms with Crippen LogP contribution in [0.4, 0.5) is 4.39 Å². The number of rotatable bonds is 7. The highest BCUT2D eigenvalue weighted by Crippen LogP contribution is 2.30. The minimum Gasteiger partial charge on any atom is -0.357 e. The SMILES string of the molecule is CCNC(=NCC(C)(C)c1ccc(F)cc1Cl)NCCn1ccnc1. The van der Waals surface area contributed by atoms with E-state index < -0.39 is 0 Å². The minimum absolute atomic E-state index is 0.308. The second kappa shape index (κ2) is 8.85. The molecule has 0 unspecified atom stereocenters. The van der Waals surface area contributed by atoms with E-state index in [1.54, 1.807) is 18.6 Å². The van der Waals surface area contributed by atoms with Crippen molar-refractivity contribution in [3.05, 3.63) is 53.3 Å². The Kier molecular flexibility index (Phi) is 6.82. The van der Waals surface area contributed by atoms with Crippen LogP contribution >= 0.6 is 11.6 Å². The van der Waals surface area contributed by atoms with Crippen molar-refractivity contribution < 1.29 is 4.39 Å². The van der Waals surface area contributed by atoms with E-state index in [0.717, 1.165) is 31.2 Å². The molecule has 0 spiro atoms. The fourth-order valence-electron chi connectivity index (χ4n) is 2.46. The van der Waals surface area contributed by atoms with E-state index in [-0.39, 0.29) is 11.2 Å². The Morgan fingerprint density at radius 3 is 2.80 bits per heavy atom. The molecule has 0 atom stereocenters. The predicted octanol–water partition coefficient (Wildman–Crippen LogP) is 3.21. The quantitative estimate of drug-likeness (QED) is 0.585. The number of imidazole rings is 1. The van der Waals surface area contributed by atoms with E-state index in [2.05, 4.69) is 20.6 Å². The van der Waals surface area contributed by atoms with Gasteiger partial charge in [-0.2, -0.15) is 0 Å². The van der Waals surface area contributed by atoms with Gasteiger partial charge in [-0.05, 0) is 24.6 Å². The van der Waals surface area contributed by atoms with Crippen LogP contribution in [0.1, 0.15) is 26.3 Å². The molecule has 5 nitrogen and oxygen atoms in total. The number of aliphatic imine (C=N–C) groups is 1. The van der Waals surface area contributed by atoms with Crippen molar-refractivity contribution in [1.82, 2.24) is 20.2 Å². The smallest absolute Gasteiger partial charge is 0.191 e. The van der Waals surface area contributed by atoms with Crippen molar-refractivity contribution in [2.75, 3.05) is 19.6 Å². The lowest BCUT2D eigenvalue weighted by Crippen LogP contribution is -2.39. The Morgan fingerprint density at radius 2 is 2.16 bits per heavy atom. The zero-order valence-electron chi connectivity index (χ0n) is 14.9. The average molecular weight is 366 g/mol. The van der Waals surface area contributed by atoms with Crippen molar-refractivity contribution in [2.24, 2.45) is 4.99 Å². The topological polar surface area (TPSA) is 54.2 Å². The number of nitrogens with zero attached hydrogens (tertiary/aromatic N) is 3. The van der Waals surface area contributed by atoms with E-state index in [9.17, 15) is 4.39 Å². The Balaban J connectivity index is 2.00. The molecule has 0 amide bonds. The predicted molar refractivity (Wildman–Crippen MR) is 101 cm³/mol. The van der Waals surface area contributed by atoms with Crippen molar-refractivity contribution in [1.29, 1.82) is 0 Å². The Hall–Kier alpha value is -2.08. The molecule has 0 bridgehead atoms. The van der Waals surface area contributed by atoms with Gasteiger partial charge in [-0.25, -0.2) is 9.37 Å². The molecule has 0 saturated carbocycles. The van der Waals surface area contributed by atoms with Crippen molar-refractivity contribution in [3.8, 4) is 0 Å². The van der Waals surface area contributed by atoms with Crippen LogP contribution in [0.15, 0.2) is 41.9 Å². The van der Waals surface area contributed by atoms with Crippen LogP contribution in [-0.2, 0) is 12.0 Å². The number of hydrogen-bond acceptors (Lipinski definition) is 2. The van der Waals surface area contributed by atoms with Gasteiger partial charge in [0, 0.05) is 42.5 Å². The zero-order valence-corrected chi connectivity index (χ0v) is 15.6. The van der Waals surface area contributed by atoms with Crippen LogP contribution in [0.25, 0.3) is 0 Å². The Morgan fingerprint density at radius 1 is 1.36 bits per heavy atom. The van der Waals surface area contributed by atoms with Gasteiger partial charge >= 0.3 is 0 Å². The molecule has 0 aliphatic carbocycles. The van der Waals surface area contributed by atoms with Crippen molar-refractivity contribution in [2.45, 2.75) is 32.7 Å². The molecule has 1 aromatic heterocycles. The van der Waals surface area contributed by atoms with Crippen LogP contribution in [0.2, 0.25) is 5.02 Å². The van der Waals surface area contributed by atoms with Crippen LogP contribution in [0.5, 0.6) is 0 Å². The molecule has 2 aromatic rings. The lowest BCUT2D eigenvalue weighted by atomic mass is 9.84. The first-order valence-corrected chi connectivity index (χ1v) is 8.73. The third kappa shape index (κ3) is 5.74. The number of guanidine groups is 1. The molecule has 0 aliphatic rings. The highest BCUT2D eigenvalue weighted by Gasteiger charge is 2.23. The van der Waals surface area contributed by atoms with Crippen LogP contribution in [0, 0.1) is 5.82 Å². The van der Waals surface area contributed by atoms with E-state index in [4.69, 9.17) is 11.6 Å². The van der Waals surface area contributed by atoms with Crippen LogP contribution in [0.3, 0.4) is 0 Å². The van der Waals surface area contributed by atoms with Gasteiger partial charge in [0.15, 0.2) is 5.96 Å². The van der Waals surface area contributed by atoms with E-state index >= 15 is 0 Å². The number of aromatic nitrogens is 2. The van der Waals surface area contributed by atoms with Crippen molar-refractivity contribution >= 4 is 17.6 Å². The summed E-state index contributed by atoms with van der Waals surface area (Å²) in [5.74, 6) is 0.413. The molecular weight excluding hydrogens is 341 g/mol. The Bertz CT molecular complexity index is 697. The molecule has 0 radical (unpaired) electrons. The monoisotopic (exact) mass is 365 g/mol. The van der Waals surface area contributed by atoms with Crippen LogP contribution in [-0.4, -0.2) is 35.1 Å². The van der Waals surface area contributed by atoms with Gasteiger partial charge in [0.1, 0.15) is 5.82 Å². The van der Waals surface area contributed by atoms with Gasteiger partial charge in [0.05, 0.1) is 12.9 Å². The van der Waals surface area contributed by atoms with E-state index in [0.29, 0.717) is 11.6 Å². The highest BCUT2D eigenvalue weighted by atomic mass is 35.5. The summed E-state index contributed by atoms with van der Waals surface area (Å²) in [6.07, 6.45) is 5.46. The fraction of sp³-hybridized carbons (Fsp3) is 0.444. The number of benzene rings is 1. The molecule has 136 valence electrons. The molecule has 0 saturated heterocycles. The highest BCUT2D eigenvalue weighted by molar-refractivity contribution is 6.31. The first-order valence-electron chi connectivity index (χ1n) is 8.36. The first kappa shape index (κ1) is 19.2. The van der Waals surface area contributed by atoms with E-state index in [1.165, 1.54) is 12.1 Å². The second-order valence-corrected chi connectivity index (χ2v) is 6.84. The number of hydrogen-bond donors (Lipinski definition) is 2. The summed E-state index contributed by atoms with van der Waals surface area (Å²) >= 11 is 6.20. The summed E-state index contributed by atoms with van der Waals surface area (Å²) in [7, 11) is 0. The summed E-state index contributed by atoms with van der Waals surface area (Å²) in [4.78, 5) is 8.68. The van der Waals surface area contributed by atoms with Gasteiger partial charge in [-0.15, -0.1) is 0 Å². The average Bonchev–Trinajstić information content (AvgIpc) is 3.05. The summed E-state index contributed by atoms with van der Waals surface area (Å²) in [6, 6.07) is 4.50. The standard InChI is InChI=1S/C18H25ClFN5/c1-4-22-17(23-8-10-25-9-7-21-13-25)24-12-18(2,3)15-6-5-14(20)11-16(15)19/h5-7,9,11,13H,4,8,10,12H2,1-3H3,(H2,22,23,24). The number of halogens is 2. The van der Waals surface area contributed by atoms with Gasteiger partial charge in [-0.1, -0.05) is 31.5 Å². The second-order valence-electron chi connectivity index (χ2n) is 6.43. The van der Waals surface area contributed by atoms with E-state index in [1.807, 2.05) is 31.5 Å². The molecule has 1 heterocycles. The summed E-state index contributed by atoms with van der Waals surface area (Å²) in [6.45, 7) is 8.95. The maximum atomic E-state index is 13.3. The normalized spacial score (nSPS) is 12.3. The van der Waals surface area contributed by atoms with Gasteiger partial charge < -0.3 is 15.2 Å².